The minimum Gasteiger partial charge on any atom is -0.497 e. The molecule has 0 saturated carbocycles. The van der Waals surface area contributed by atoms with E-state index in [9.17, 15) is 0 Å². The maximum atomic E-state index is 5.48. The van der Waals surface area contributed by atoms with Gasteiger partial charge in [0.15, 0.2) is 5.65 Å². The van der Waals surface area contributed by atoms with Crippen molar-refractivity contribution in [3.8, 4) is 22.6 Å². The third kappa shape index (κ3) is 2.54. The number of hydrogen-bond donors (Lipinski definition) is 0. The Bertz CT molecular complexity index is 1290. The van der Waals surface area contributed by atoms with Crippen molar-refractivity contribution in [2.24, 2.45) is 0 Å². The molecular formula is C24H19N3O. The summed E-state index contributed by atoms with van der Waals surface area (Å²) in [5, 5.41) is 6.96. The van der Waals surface area contributed by atoms with Gasteiger partial charge in [-0.2, -0.15) is 5.10 Å². The van der Waals surface area contributed by atoms with E-state index in [2.05, 4.69) is 30.3 Å². The average Bonchev–Trinajstić information content (AvgIpc) is 3.09. The van der Waals surface area contributed by atoms with Crippen molar-refractivity contribution in [2.45, 2.75) is 6.92 Å². The molecule has 0 bridgehead atoms. The summed E-state index contributed by atoms with van der Waals surface area (Å²) in [6, 6.07) is 26.6. The Morgan fingerprint density at radius 2 is 1.57 bits per heavy atom. The molecule has 5 aromatic rings. The molecule has 0 aliphatic carbocycles. The van der Waals surface area contributed by atoms with E-state index in [1.54, 1.807) is 7.11 Å². The van der Waals surface area contributed by atoms with Gasteiger partial charge in [0.05, 0.1) is 29.4 Å². The zero-order valence-electron chi connectivity index (χ0n) is 15.8. The molecule has 4 nitrogen and oxygen atoms in total. The van der Waals surface area contributed by atoms with Crippen LogP contribution in [-0.2, 0) is 0 Å². The first-order chi connectivity index (χ1) is 13.8. The van der Waals surface area contributed by atoms with Crippen LogP contribution in [0.25, 0.3) is 38.8 Å². The highest BCUT2D eigenvalue weighted by molar-refractivity contribution is 6.10. The molecule has 0 unspecified atom stereocenters. The van der Waals surface area contributed by atoms with Crippen LogP contribution >= 0.6 is 0 Å². The van der Waals surface area contributed by atoms with Gasteiger partial charge in [-0.05, 0) is 42.8 Å². The summed E-state index contributed by atoms with van der Waals surface area (Å²) >= 11 is 0. The van der Waals surface area contributed by atoms with E-state index in [1.165, 1.54) is 0 Å². The Balaban J connectivity index is 1.95. The van der Waals surface area contributed by atoms with Crippen LogP contribution in [0.3, 0.4) is 0 Å². The largest absolute Gasteiger partial charge is 0.497 e. The molecule has 0 aliphatic rings. The van der Waals surface area contributed by atoms with Crippen LogP contribution in [-0.4, -0.2) is 21.9 Å². The lowest BCUT2D eigenvalue weighted by Crippen LogP contribution is -1.98. The molecule has 0 N–H and O–H groups in total. The molecule has 0 radical (unpaired) electrons. The van der Waals surface area contributed by atoms with Gasteiger partial charge >= 0.3 is 0 Å². The highest BCUT2D eigenvalue weighted by Gasteiger charge is 2.19. The first-order valence-electron chi connectivity index (χ1n) is 9.24. The van der Waals surface area contributed by atoms with E-state index < -0.39 is 0 Å². The minimum absolute atomic E-state index is 0.818. The quantitative estimate of drug-likeness (QED) is 0.420. The number of pyridine rings is 1. The van der Waals surface area contributed by atoms with Gasteiger partial charge in [-0.15, -0.1) is 0 Å². The van der Waals surface area contributed by atoms with Gasteiger partial charge in [0.1, 0.15) is 5.75 Å². The lowest BCUT2D eigenvalue weighted by atomic mass is 9.97. The highest BCUT2D eigenvalue weighted by Crippen LogP contribution is 2.38. The van der Waals surface area contributed by atoms with Crippen molar-refractivity contribution in [3.63, 3.8) is 0 Å². The lowest BCUT2D eigenvalue weighted by Gasteiger charge is -2.11. The van der Waals surface area contributed by atoms with Gasteiger partial charge in [-0.25, -0.2) is 9.67 Å². The predicted octanol–water partition coefficient (Wildman–Crippen LogP) is 5.56. The van der Waals surface area contributed by atoms with Crippen LogP contribution in [0.15, 0.2) is 78.9 Å². The van der Waals surface area contributed by atoms with Crippen molar-refractivity contribution >= 4 is 21.9 Å². The monoisotopic (exact) mass is 365 g/mol. The van der Waals surface area contributed by atoms with E-state index in [0.717, 1.165) is 50.2 Å². The van der Waals surface area contributed by atoms with Gasteiger partial charge in [0.2, 0.25) is 0 Å². The summed E-state index contributed by atoms with van der Waals surface area (Å²) in [5.41, 5.74) is 6.02. The normalized spacial score (nSPS) is 11.2. The zero-order chi connectivity index (χ0) is 19.1. The number of hydrogen-bond acceptors (Lipinski definition) is 3. The first kappa shape index (κ1) is 16.5. The molecule has 0 saturated heterocycles. The third-order valence-corrected chi connectivity index (χ3v) is 5.05. The molecule has 0 atom stereocenters. The van der Waals surface area contributed by atoms with Crippen molar-refractivity contribution in [3.05, 3.63) is 84.6 Å². The molecule has 0 spiro atoms. The van der Waals surface area contributed by atoms with Crippen molar-refractivity contribution < 1.29 is 4.74 Å². The van der Waals surface area contributed by atoms with Gasteiger partial charge < -0.3 is 4.74 Å². The van der Waals surface area contributed by atoms with Crippen LogP contribution in [0.4, 0.5) is 0 Å². The molecular weight excluding hydrogens is 346 g/mol. The zero-order valence-corrected chi connectivity index (χ0v) is 15.8. The number of ether oxygens (including phenoxy) is 1. The summed E-state index contributed by atoms with van der Waals surface area (Å²) in [6.07, 6.45) is 0. The molecule has 2 aromatic heterocycles. The maximum Gasteiger partial charge on any atom is 0.164 e. The number of fused-ring (bicyclic) bond motifs is 2. The second-order valence-electron chi connectivity index (χ2n) is 6.77. The summed E-state index contributed by atoms with van der Waals surface area (Å²) in [4.78, 5) is 4.98. The minimum atomic E-state index is 0.818. The summed E-state index contributed by atoms with van der Waals surface area (Å²) in [7, 11) is 1.69. The molecule has 28 heavy (non-hydrogen) atoms. The van der Waals surface area contributed by atoms with Crippen LogP contribution in [0.5, 0.6) is 5.75 Å². The van der Waals surface area contributed by atoms with Crippen molar-refractivity contribution in [1.29, 1.82) is 0 Å². The van der Waals surface area contributed by atoms with E-state index in [4.69, 9.17) is 14.8 Å². The standard InChI is InChI=1S/C24H19N3O/c1-16-22-23(17-9-5-3-6-10-17)20-15-19(28-2)13-14-21(20)25-24(22)27(26-16)18-11-7-4-8-12-18/h3-15H,1-2H3. The molecule has 0 amide bonds. The third-order valence-electron chi connectivity index (χ3n) is 5.05. The van der Waals surface area contributed by atoms with Gasteiger partial charge in [-0.1, -0.05) is 48.5 Å². The van der Waals surface area contributed by atoms with Crippen molar-refractivity contribution in [1.82, 2.24) is 14.8 Å². The number of nitrogens with zero attached hydrogens (tertiary/aromatic N) is 3. The fraction of sp³-hybridized carbons (Fsp3) is 0.0833. The molecule has 4 heteroatoms. The maximum absolute atomic E-state index is 5.48. The Labute approximate surface area is 163 Å². The Morgan fingerprint density at radius 1 is 0.857 bits per heavy atom. The van der Waals surface area contributed by atoms with Gasteiger partial charge in [0.25, 0.3) is 0 Å². The topological polar surface area (TPSA) is 39.9 Å². The number of rotatable bonds is 3. The second kappa shape index (κ2) is 6.50. The molecule has 5 rings (SSSR count). The SMILES string of the molecule is COc1ccc2nc3c(c(C)nn3-c3ccccc3)c(-c3ccccc3)c2c1. The summed E-state index contributed by atoms with van der Waals surface area (Å²) in [6.45, 7) is 2.04. The molecule has 0 aliphatic heterocycles. The van der Waals surface area contributed by atoms with Crippen LogP contribution in [0.2, 0.25) is 0 Å². The number of aromatic nitrogens is 3. The van der Waals surface area contributed by atoms with Crippen molar-refractivity contribution in [2.75, 3.05) is 7.11 Å². The van der Waals surface area contributed by atoms with E-state index in [-0.39, 0.29) is 0 Å². The first-order valence-corrected chi connectivity index (χ1v) is 9.24. The van der Waals surface area contributed by atoms with Gasteiger partial charge in [0, 0.05) is 10.9 Å². The lowest BCUT2D eigenvalue weighted by molar-refractivity contribution is 0.415. The van der Waals surface area contributed by atoms with Crippen LogP contribution < -0.4 is 4.74 Å². The van der Waals surface area contributed by atoms with Crippen LogP contribution in [0.1, 0.15) is 5.69 Å². The van der Waals surface area contributed by atoms with E-state index >= 15 is 0 Å². The Kier molecular flexibility index (Phi) is 3.83. The second-order valence-corrected chi connectivity index (χ2v) is 6.77. The smallest absolute Gasteiger partial charge is 0.164 e. The summed E-state index contributed by atoms with van der Waals surface area (Å²) in [5.74, 6) is 0.818. The number of methoxy groups -OCH3 is 1. The van der Waals surface area contributed by atoms with Crippen LogP contribution in [0, 0.1) is 6.92 Å². The number of para-hydroxylation sites is 1. The Morgan fingerprint density at radius 3 is 2.29 bits per heavy atom. The fourth-order valence-corrected chi connectivity index (χ4v) is 3.75. The number of benzene rings is 3. The predicted molar refractivity (Wildman–Crippen MR) is 113 cm³/mol. The summed E-state index contributed by atoms with van der Waals surface area (Å²) < 4.78 is 7.41. The highest BCUT2D eigenvalue weighted by atomic mass is 16.5. The fourth-order valence-electron chi connectivity index (χ4n) is 3.75. The number of aryl methyl sites for hydroxylation is 1. The van der Waals surface area contributed by atoms with Gasteiger partial charge in [-0.3, -0.25) is 0 Å². The average molecular weight is 365 g/mol. The van der Waals surface area contributed by atoms with E-state index in [1.807, 2.05) is 60.1 Å². The Hall–Kier alpha value is -3.66. The molecule has 136 valence electrons. The molecule has 0 fully saturated rings. The van der Waals surface area contributed by atoms with E-state index in [0.29, 0.717) is 0 Å². The molecule has 3 aromatic carbocycles. The molecule has 2 heterocycles.